The molecule has 6 heteroatoms. The SMILES string of the molecule is CCCCOCCCNC(=O)/C(C#N)=C\Nc1cc(Cl)ccc1C. The number of amides is 1. The predicted octanol–water partition coefficient (Wildman–Crippen LogP) is 3.79. The molecule has 130 valence electrons. The number of rotatable bonds is 10. The third kappa shape index (κ3) is 7.49. The van der Waals surface area contributed by atoms with Crippen LogP contribution < -0.4 is 10.6 Å². The van der Waals surface area contributed by atoms with Gasteiger partial charge in [0.05, 0.1) is 0 Å². The van der Waals surface area contributed by atoms with Crippen LogP contribution in [-0.2, 0) is 9.53 Å². The number of nitriles is 1. The largest absolute Gasteiger partial charge is 0.381 e. The standard InChI is InChI=1S/C18H24ClN3O2/c1-3-4-9-24-10-5-8-21-18(23)15(12-20)13-22-17-11-16(19)7-6-14(17)2/h6-7,11,13,22H,3-5,8-10H2,1-2H3,(H,21,23)/b15-13-. The minimum absolute atomic E-state index is 0.0151. The first-order valence-corrected chi connectivity index (χ1v) is 8.45. The molecule has 0 aromatic heterocycles. The second kappa shape index (κ2) is 11.5. The zero-order valence-corrected chi connectivity index (χ0v) is 14.9. The van der Waals surface area contributed by atoms with Gasteiger partial charge < -0.3 is 15.4 Å². The highest BCUT2D eigenvalue weighted by molar-refractivity contribution is 6.30. The maximum absolute atomic E-state index is 12.0. The number of nitrogens with one attached hydrogen (secondary N) is 2. The smallest absolute Gasteiger partial charge is 0.263 e. The molecule has 0 radical (unpaired) electrons. The van der Waals surface area contributed by atoms with Gasteiger partial charge in [0.15, 0.2) is 0 Å². The normalized spacial score (nSPS) is 11.0. The van der Waals surface area contributed by atoms with Crippen molar-refractivity contribution in [2.24, 2.45) is 0 Å². The van der Waals surface area contributed by atoms with E-state index in [0.717, 1.165) is 37.1 Å². The van der Waals surface area contributed by atoms with Crippen molar-refractivity contribution in [2.45, 2.75) is 33.1 Å². The molecule has 1 rings (SSSR count). The second-order valence-electron chi connectivity index (χ2n) is 5.35. The Morgan fingerprint density at radius 3 is 2.83 bits per heavy atom. The molecule has 5 nitrogen and oxygen atoms in total. The van der Waals surface area contributed by atoms with Gasteiger partial charge >= 0.3 is 0 Å². The van der Waals surface area contributed by atoms with Gasteiger partial charge in [-0.3, -0.25) is 4.79 Å². The molecular weight excluding hydrogens is 326 g/mol. The summed E-state index contributed by atoms with van der Waals surface area (Å²) in [7, 11) is 0. The molecular formula is C18H24ClN3O2. The molecule has 0 spiro atoms. The fourth-order valence-corrected chi connectivity index (χ4v) is 2.04. The average Bonchev–Trinajstić information content (AvgIpc) is 2.57. The van der Waals surface area contributed by atoms with Gasteiger partial charge in [-0.2, -0.15) is 5.26 Å². The molecule has 0 atom stereocenters. The van der Waals surface area contributed by atoms with E-state index >= 15 is 0 Å². The van der Waals surface area contributed by atoms with Crippen molar-refractivity contribution in [2.75, 3.05) is 25.1 Å². The second-order valence-corrected chi connectivity index (χ2v) is 5.79. The average molecular weight is 350 g/mol. The van der Waals surface area contributed by atoms with Gasteiger partial charge in [0, 0.05) is 36.7 Å². The number of hydrogen-bond donors (Lipinski definition) is 2. The van der Waals surface area contributed by atoms with Crippen molar-refractivity contribution in [1.82, 2.24) is 5.32 Å². The van der Waals surface area contributed by atoms with Crippen LogP contribution in [0.1, 0.15) is 31.7 Å². The van der Waals surface area contributed by atoms with Gasteiger partial charge in [-0.05, 0) is 37.5 Å². The summed E-state index contributed by atoms with van der Waals surface area (Å²) < 4.78 is 5.42. The Balaban J connectivity index is 2.43. The van der Waals surface area contributed by atoms with E-state index in [1.807, 2.05) is 19.1 Å². The minimum Gasteiger partial charge on any atom is -0.381 e. The number of carbonyl (C=O) groups is 1. The van der Waals surface area contributed by atoms with Crippen LogP contribution in [-0.4, -0.2) is 25.7 Å². The number of nitrogens with zero attached hydrogens (tertiary/aromatic N) is 1. The van der Waals surface area contributed by atoms with Crippen LogP contribution in [0.25, 0.3) is 0 Å². The molecule has 0 saturated carbocycles. The molecule has 0 aliphatic rings. The van der Waals surface area contributed by atoms with E-state index < -0.39 is 5.91 Å². The summed E-state index contributed by atoms with van der Waals surface area (Å²) in [4.78, 5) is 12.0. The van der Waals surface area contributed by atoms with Crippen molar-refractivity contribution >= 4 is 23.2 Å². The van der Waals surface area contributed by atoms with Crippen LogP contribution in [0.3, 0.4) is 0 Å². The molecule has 24 heavy (non-hydrogen) atoms. The molecule has 0 heterocycles. The van der Waals surface area contributed by atoms with E-state index in [9.17, 15) is 4.79 Å². The highest BCUT2D eigenvalue weighted by Crippen LogP contribution is 2.20. The van der Waals surface area contributed by atoms with Gasteiger partial charge in [0.2, 0.25) is 0 Å². The van der Waals surface area contributed by atoms with Crippen LogP contribution in [0, 0.1) is 18.3 Å². The summed E-state index contributed by atoms with van der Waals surface area (Å²) in [6, 6.07) is 7.29. The van der Waals surface area contributed by atoms with Crippen LogP contribution in [0.2, 0.25) is 5.02 Å². The van der Waals surface area contributed by atoms with E-state index in [1.165, 1.54) is 6.20 Å². The number of aryl methyl sites for hydroxylation is 1. The zero-order chi connectivity index (χ0) is 17.8. The third-order valence-electron chi connectivity index (χ3n) is 3.33. The number of benzene rings is 1. The lowest BCUT2D eigenvalue weighted by Crippen LogP contribution is -2.26. The number of ether oxygens (including phenoxy) is 1. The number of hydrogen-bond acceptors (Lipinski definition) is 4. The maximum Gasteiger partial charge on any atom is 0.263 e. The molecule has 0 aliphatic heterocycles. The first kappa shape index (κ1) is 20.0. The van der Waals surface area contributed by atoms with Gasteiger partial charge in [-0.25, -0.2) is 0 Å². The third-order valence-corrected chi connectivity index (χ3v) is 3.57. The molecule has 0 fully saturated rings. The molecule has 0 bridgehead atoms. The lowest BCUT2D eigenvalue weighted by molar-refractivity contribution is -0.117. The number of halogens is 1. The topological polar surface area (TPSA) is 74.1 Å². The molecule has 0 saturated heterocycles. The van der Waals surface area contributed by atoms with Gasteiger partial charge in [-0.1, -0.05) is 31.0 Å². The monoisotopic (exact) mass is 349 g/mol. The van der Waals surface area contributed by atoms with Crippen molar-refractivity contribution < 1.29 is 9.53 Å². The molecule has 1 aromatic rings. The fourth-order valence-electron chi connectivity index (χ4n) is 1.87. The Hall–Kier alpha value is -2.03. The summed E-state index contributed by atoms with van der Waals surface area (Å²) in [6.45, 7) is 5.85. The van der Waals surface area contributed by atoms with Crippen LogP contribution in [0.4, 0.5) is 5.69 Å². The van der Waals surface area contributed by atoms with E-state index in [4.69, 9.17) is 21.6 Å². The van der Waals surface area contributed by atoms with Crippen LogP contribution in [0.5, 0.6) is 0 Å². The van der Waals surface area contributed by atoms with Gasteiger partial charge in [-0.15, -0.1) is 0 Å². The summed E-state index contributed by atoms with van der Waals surface area (Å²) >= 11 is 5.94. The van der Waals surface area contributed by atoms with Crippen LogP contribution >= 0.6 is 11.6 Å². The zero-order valence-electron chi connectivity index (χ0n) is 14.2. The summed E-state index contributed by atoms with van der Waals surface area (Å²) in [5, 5.41) is 15.4. The Bertz CT molecular complexity index is 609. The minimum atomic E-state index is -0.404. The van der Waals surface area contributed by atoms with E-state index in [0.29, 0.717) is 18.2 Å². The first-order chi connectivity index (χ1) is 11.6. The van der Waals surface area contributed by atoms with Crippen molar-refractivity contribution in [3.63, 3.8) is 0 Å². The lowest BCUT2D eigenvalue weighted by Gasteiger charge is -2.08. The predicted molar refractivity (Wildman–Crippen MR) is 96.9 cm³/mol. The maximum atomic E-state index is 12.0. The van der Waals surface area contributed by atoms with Gasteiger partial charge in [0.25, 0.3) is 5.91 Å². The highest BCUT2D eigenvalue weighted by atomic mass is 35.5. The summed E-state index contributed by atoms with van der Waals surface area (Å²) in [5.74, 6) is -0.404. The molecule has 0 aliphatic carbocycles. The Labute approximate surface area is 148 Å². The van der Waals surface area contributed by atoms with Crippen molar-refractivity contribution in [3.05, 3.63) is 40.6 Å². The molecule has 2 N–H and O–H groups in total. The first-order valence-electron chi connectivity index (χ1n) is 8.07. The van der Waals surface area contributed by atoms with Crippen molar-refractivity contribution in [1.29, 1.82) is 5.26 Å². The van der Waals surface area contributed by atoms with Crippen LogP contribution in [0.15, 0.2) is 30.0 Å². The molecule has 1 amide bonds. The van der Waals surface area contributed by atoms with E-state index in [1.54, 1.807) is 12.1 Å². The Morgan fingerprint density at radius 2 is 2.12 bits per heavy atom. The van der Waals surface area contributed by atoms with E-state index in [-0.39, 0.29) is 5.57 Å². The number of anilines is 1. The molecule has 1 aromatic carbocycles. The van der Waals surface area contributed by atoms with Crippen molar-refractivity contribution in [3.8, 4) is 6.07 Å². The number of unbranched alkanes of at least 4 members (excludes halogenated alkanes) is 1. The van der Waals surface area contributed by atoms with E-state index in [2.05, 4.69) is 17.6 Å². The van der Waals surface area contributed by atoms with Gasteiger partial charge in [0.1, 0.15) is 11.6 Å². The summed E-state index contributed by atoms with van der Waals surface area (Å²) in [5.41, 5.74) is 1.74. The Kier molecular flexibility index (Phi) is 9.59. The number of carbonyl (C=O) groups excluding carboxylic acids is 1. The highest BCUT2D eigenvalue weighted by Gasteiger charge is 2.08. The summed E-state index contributed by atoms with van der Waals surface area (Å²) in [6.07, 6.45) is 4.26. The molecule has 0 unspecified atom stereocenters. The quantitative estimate of drug-likeness (QED) is 0.383. The fraction of sp³-hybridized carbons (Fsp3) is 0.444. The lowest BCUT2D eigenvalue weighted by atomic mass is 10.2. The Morgan fingerprint density at radius 1 is 1.38 bits per heavy atom.